The van der Waals surface area contributed by atoms with Gasteiger partial charge in [0.05, 0.1) is 0 Å². The second kappa shape index (κ2) is 6.90. The van der Waals surface area contributed by atoms with Gasteiger partial charge in [0, 0.05) is 28.3 Å². The Bertz CT molecular complexity index is 481. The lowest BCUT2D eigenvalue weighted by molar-refractivity contribution is 0.535. The molecular weight excluding hydrogens is 332 g/mol. The predicted molar refractivity (Wildman–Crippen MR) is 94.5 cm³/mol. The van der Waals surface area contributed by atoms with Gasteiger partial charge in [-0.3, -0.25) is 0 Å². The van der Waals surface area contributed by atoms with Gasteiger partial charge in [0.15, 0.2) is 0 Å². The average molecular weight is 355 g/mol. The smallest absolute Gasteiger partial charge is 0.106 e. The Morgan fingerprint density at radius 2 is 2.05 bits per heavy atom. The van der Waals surface area contributed by atoms with E-state index in [1.54, 1.807) is 0 Å². The van der Waals surface area contributed by atoms with Crippen molar-refractivity contribution >= 4 is 38.8 Å². The first-order valence-corrected chi connectivity index (χ1v) is 8.55. The number of rotatable bonds is 5. The number of hydrogen-bond acceptors (Lipinski definition) is 2. The van der Waals surface area contributed by atoms with Crippen LogP contribution >= 0.6 is 28.1 Å². The first kappa shape index (κ1) is 15.8. The molecule has 2 N–H and O–H groups in total. The molecule has 110 valence electrons. The van der Waals surface area contributed by atoms with Crippen LogP contribution in [0.15, 0.2) is 22.7 Å². The summed E-state index contributed by atoms with van der Waals surface area (Å²) in [5.41, 5.74) is 8.10. The van der Waals surface area contributed by atoms with Crippen LogP contribution in [0, 0.1) is 5.92 Å². The molecule has 0 aliphatic heterocycles. The number of anilines is 1. The molecule has 0 atom stereocenters. The van der Waals surface area contributed by atoms with Gasteiger partial charge in [-0.15, -0.1) is 0 Å². The molecule has 0 heterocycles. The van der Waals surface area contributed by atoms with E-state index in [2.05, 4.69) is 40.7 Å². The van der Waals surface area contributed by atoms with E-state index in [4.69, 9.17) is 18.0 Å². The van der Waals surface area contributed by atoms with Gasteiger partial charge in [-0.25, -0.2) is 0 Å². The number of halogens is 1. The van der Waals surface area contributed by atoms with Crippen molar-refractivity contribution in [2.45, 2.75) is 45.6 Å². The van der Waals surface area contributed by atoms with Crippen LogP contribution in [-0.4, -0.2) is 17.6 Å². The molecule has 1 aliphatic rings. The van der Waals surface area contributed by atoms with Crippen molar-refractivity contribution in [1.82, 2.24) is 0 Å². The maximum Gasteiger partial charge on any atom is 0.106 e. The zero-order chi connectivity index (χ0) is 14.7. The summed E-state index contributed by atoms with van der Waals surface area (Å²) >= 11 is 8.81. The van der Waals surface area contributed by atoms with Gasteiger partial charge in [-0.2, -0.15) is 0 Å². The van der Waals surface area contributed by atoms with E-state index in [9.17, 15) is 0 Å². The van der Waals surface area contributed by atoms with Gasteiger partial charge in [-0.05, 0) is 37.0 Å². The number of hydrogen-bond donors (Lipinski definition) is 1. The van der Waals surface area contributed by atoms with E-state index in [0.29, 0.717) is 16.9 Å². The number of thiocarbonyl (C=S) groups is 1. The average Bonchev–Trinajstić information content (AvgIpc) is 2.88. The minimum atomic E-state index is 0.485. The highest BCUT2D eigenvalue weighted by molar-refractivity contribution is 9.10. The SMILES string of the molecule is CC(C)CN(c1cc(Br)ccc1C(N)=S)C1CCCC1. The lowest BCUT2D eigenvalue weighted by Gasteiger charge is -2.34. The monoisotopic (exact) mass is 354 g/mol. The summed E-state index contributed by atoms with van der Waals surface area (Å²) in [4.78, 5) is 3.01. The normalized spacial score (nSPS) is 15.8. The summed E-state index contributed by atoms with van der Waals surface area (Å²) in [6, 6.07) is 6.83. The molecule has 0 amide bonds. The molecule has 4 heteroatoms. The molecule has 1 aliphatic carbocycles. The second-order valence-corrected chi connectivity index (χ2v) is 7.37. The highest BCUT2D eigenvalue weighted by Gasteiger charge is 2.25. The van der Waals surface area contributed by atoms with Crippen molar-refractivity contribution in [3.05, 3.63) is 28.2 Å². The fraction of sp³-hybridized carbons (Fsp3) is 0.562. The zero-order valence-electron chi connectivity index (χ0n) is 12.2. The van der Waals surface area contributed by atoms with Crippen LogP contribution in [0.2, 0.25) is 0 Å². The lowest BCUT2D eigenvalue weighted by Crippen LogP contribution is -2.37. The number of benzene rings is 1. The van der Waals surface area contributed by atoms with Crippen molar-refractivity contribution < 1.29 is 0 Å². The van der Waals surface area contributed by atoms with Crippen LogP contribution in [0.1, 0.15) is 45.1 Å². The minimum Gasteiger partial charge on any atom is -0.389 e. The van der Waals surface area contributed by atoms with Gasteiger partial charge >= 0.3 is 0 Å². The Morgan fingerprint density at radius 3 is 2.60 bits per heavy atom. The summed E-state index contributed by atoms with van der Waals surface area (Å²) in [6.07, 6.45) is 5.21. The molecule has 2 rings (SSSR count). The van der Waals surface area contributed by atoms with E-state index in [1.807, 2.05) is 12.1 Å². The number of nitrogens with zero attached hydrogens (tertiary/aromatic N) is 1. The van der Waals surface area contributed by atoms with Crippen LogP contribution in [-0.2, 0) is 0 Å². The molecule has 0 bridgehead atoms. The summed E-state index contributed by atoms with van der Waals surface area (Å²) in [5.74, 6) is 0.619. The summed E-state index contributed by atoms with van der Waals surface area (Å²) in [7, 11) is 0. The highest BCUT2D eigenvalue weighted by atomic mass is 79.9. The van der Waals surface area contributed by atoms with Crippen molar-refractivity contribution in [3.8, 4) is 0 Å². The van der Waals surface area contributed by atoms with Crippen LogP contribution in [0.4, 0.5) is 5.69 Å². The molecule has 0 spiro atoms. The maximum absolute atomic E-state index is 5.92. The third-order valence-corrected chi connectivity index (χ3v) is 4.58. The summed E-state index contributed by atoms with van der Waals surface area (Å²) in [6.45, 7) is 5.58. The van der Waals surface area contributed by atoms with Crippen LogP contribution in [0.3, 0.4) is 0 Å². The highest BCUT2D eigenvalue weighted by Crippen LogP contribution is 2.33. The van der Waals surface area contributed by atoms with Crippen molar-refractivity contribution in [2.75, 3.05) is 11.4 Å². The Kier molecular flexibility index (Phi) is 5.44. The van der Waals surface area contributed by atoms with E-state index in [1.165, 1.54) is 31.4 Å². The van der Waals surface area contributed by atoms with Gasteiger partial charge in [-0.1, -0.05) is 54.8 Å². The first-order valence-electron chi connectivity index (χ1n) is 7.35. The Hall–Kier alpha value is -0.610. The minimum absolute atomic E-state index is 0.485. The molecular formula is C16H23BrN2S. The molecule has 1 aromatic carbocycles. The Balaban J connectivity index is 2.40. The standard InChI is InChI=1S/C16H23BrN2S/c1-11(2)10-19(13-5-3-4-6-13)15-9-12(17)7-8-14(15)16(18)20/h7-9,11,13H,3-6,10H2,1-2H3,(H2,18,20). The van der Waals surface area contributed by atoms with Gasteiger partial charge in [0.2, 0.25) is 0 Å². The largest absolute Gasteiger partial charge is 0.389 e. The van der Waals surface area contributed by atoms with Crippen LogP contribution < -0.4 is 10.6 Å². The van der Waals surface area contributed by atoms with Gasteiger partial charge in [0.1, 0.15) is 4.99 Å². The molecule has 0 aromatic heterocycles. The molecule has 0 radical (unpaired) electrons. The zero-order valence-corrected chi connectivity index (χ0v) is 14.6. The first-order chi connectivity index (χ1) is 9.49. The van der Waals surface area contributed by atoms with E-state index < -0.39 is 0 Å². The molecule has 0 saturated heterocycles. The molecule has 2 nitrogen and oxygen atoms in total. The summed E-state index contributed by atoms with van der Waals surface area (Å²) in [5, 5.41) is 0. The molecule has 1 fully saturated rings. The van der Waals surface area contributed by atoms with Gasteiger partial charge < -0.3 is 10.6 Å². The van der Waals surface area contributed by atoms with E-state index in [-0.39, 0.29) is 0 Å². The fourth-order valence-electron chi connectivity index (χ4n) is 3.00. The molecule has 1 saturated carbocycles. The van der Waals surface area contributed by atoms with Crippen LogP contribution in [0.5, 0.6) is 0 Å². The maximum atomic E-state index is 5.92. The van der Waals surface area contributed by atoms with Crippen molar-refractivity contribution in [2.24, 2.45) is 11.7 Å². The van der Waals surface area contributed by atoms with Crippen LogP contribution in [0.25, 0.3) is 0 Å². The van der Waals surface area contributed by atoms with E-state index in [0.717, 1.165) is 16.6 Å². The topological polar surface area (TPSA) is 29.3 Å². The third kappa shape index (κ3) is 3.73. The van der Waals surface area contributed by atoms with Crippen molar-refractivity contribution in [1.29, 1.82) is 0 Å². The quantitative estimate of drug-likeness (QED) is 0.789. The van der Waals surface area contributed by atoms with E-state index >= 15 is 0 Å². The van der Waals surface area contributed by atoms with Gasteiger partial charge in [0.25, 0.3) is 0 Å². The predicted octanol–water partition coefficient (Wildman–Crippen LogP) is 4.49. The fourth-order valence-corrected chi connectivity index (χ4v) is 3.53. The van der Waals surface area contributed by atoms with Crippen molar-refractivity contribution in [3.63, 3.8) is 0 Å². The molecule has 0 unspecified atom stereocenters. The second-order valence-electron chi connectivity index (χ2n) is 6.01. The third-order valence-electron chi connectivity index (χ3n) is 3.86. The molecule has 1 aromatic rings. The Morgan fingerprint density at radius 1 is 1.40 bits per heavy atom. The Labute approximate surface area is 135 Å². The lowest BCUT2D eigenvalue weighted by atomic mass is 10.1. The molecule has 20 heavy (non-hydrogen) atoms. The summed E-state index contributed by atoms with van der Waals surface area (Å²) < 4.78 is 1.08. The number of nitrogens with two attached hydrogens (primary N) is 1.